The van der Waals surface area contributed by atoms with Crippen LogP contribution in [0.1, 0.15) is 0 Å². The average molecular weight is 297 g/mol. The Morgan fingerprint density at radius 2 is 2.80 bits per heavy atom. The zero-order valence-electron chi connectivity index (χ0n) is 2.34. The van der Waals surface area contributed by atoms with Crippen LogP contribution < -0.4 is 3.57 Å². The molecule has 0 unspecified atom stereocenters. The Balaban J connectivity index is 2.32. The van der Waals surface area contributed by atoms with Crippen LogP contribution in [0.25, 0.3) is 0 Å². The molecule has 4 heteroatoms. The maximum absolute atomic E-state index is 4.04. The standard InChI is InChI=1S/CH2N2Te2/c1-2-4-5-3-1/h1H,(H,2,3). The van der Waals surface area contributed by atoms with Crippen LogP contribution in [0, 0.1) is 0 Å². The molecule has 1 aliphatic heterocycles. The quantitative estimate of drug-likeness (QED) is 0.557. The molecule has 0 aliphatic carbocycles. The van der Waals surface area contributed by atoms with E-state index in [1.54, 1.807) is 0 Å². The Morgan fingerprint density at radius 3 is 3.00 bits per heavy atom. The summed E-state index contributed by atoms with van der Waals surface area (Å²) in [6.07, 6.45) is 1.85. The Morgan fingerprint density at radius 1 is 1.80 bits per heavy atom. The van der Waals surface area contributed by atoms with Crippen LogP contribution in [0.4, 0.5) is 0 Å². The van der Waals surface area contributed by atoms with Gasteiger partial charge in [-0.05, 0) is 0 Å². The first-order valence-corrected chi connectivity index (χ1v) is 10.6. The third kappa shape index (κ3) is 1.28. The van der Waals surface area contributed by atoms with Crippen LogP contribution >= 0.6 is 0 Å². The van der Waals surface area contributed by atoms with E-state index in [1.807, 2.05) is 6.34 Å². The maximum atomic E-state index is 4.04. The SMILES string of the molecule is C1=N[Te][Te]N1. The van der Waals surface area contributed by atoms with E-state index in [-0.39, 0.29) is 34.7 Å². The Labute approximate surface area is 47.5 Å². The van der Waals surface area contributed by atoms with Crippen molar-refractivity contribution >= 4 is 41.0 Å². The zero-order chi connectivity index (χ0) is 3.54. The minimum atomic E-state index is 0.193. The van der Waals surface area contributed by atoms with Crippen LogP contribution in [0.2, 0.25) is 0 Å². The molecular weight excluding hydrogens is 295 g/mol. The van der Waals surface area contributed by atoms with Crippen molar-refractivity contribution in [2.75, 3.05) is 0 Å². The zero-order valence-corrected chi connectivity index (χ0v) is 7.00. The predicted molar refractivity (Wildman–Crippen MR) is 23.1 cm³/mol. The fourth-order valence-electron chi connectivity index (χ4n) is 0.108. The molecule has 0 radical (unpaired) electrons. The molecule has 1 heterocycles. The second kappa shape index (κ2) is 2.26. The van der Waals surface area contributed by atoms with Gasteiger partial charge in [0.25, 0.3) is 0 Å². The van der Waals surface area contributed by atoms with Crippen molar-refractivity contribution in [1.29, 1.82) is 0 Å². The van der Waals surface area contributed by atoms with Gasteiger partial charge >= 0.3 is 47.8 Å². The summed E-state index contributed by atoms with van der Waals surface area (Å²) in [6, 6.07) is 0. The molecule has 1 aliphatic rings. The molecule has 0 aromatic rings. The molecule has 5 heavy (non-hydrogen) atoms. The van der Waals surface area contributed by atoms with Crippen molar-refractivity contribution < 1.29 is 0 Å². The molecule has 0 aromatic carbocycles. The van der Waals surface area contributed by atoms with Crippen LogP contribution in [-0.2, 0) is 0 Å². The number of rotatable bonds is 0. The second-order valence-electron chi connectivity index (χ2n) is 0.510. The fraction of sp³-hybridized carbons (Fsp3) is 0. The summed E-state index contributed by atoms with van der Waals surface area (Å²) < 4.78 is 7.15. The molecule has 0 fully saturated rings. The monoisotopic (exact) mass is 302 g/mol. The van der Waals surface area contributed by atoms with Crippen molar-refractivity contribution in [3.63, 3.8) is 0 Å². The molecule has 0 saturated carbocycles. The summed E-state index contributed by atoms with van der Waals surface area (Å²) in [5.74, 6) is 0. The first-order valence-electron chi connectivity index (χ1n) is 1.10. The number of nitrogens with one attached hydrogen (secondary N) is 1. The van der Waals surface area contributed by atoms with E-state index in [0.29, 0.717) is 0 Å². The van der Waals surface area contributed by atoms with E-state index in [9.17, 15) is 0 Å². The third-order valence-electron chi connectivity index (χ3n) is 0.234. The van der Waals surface area contributed by atoms with E-state index in [1.165, 1.54) is 0 Å². The molecule has 1 N–H and O–H groups in total. The van der Waals surface area contributed by atoms with Crippen LogP contribution in [0.3, 0.4) is 0 Å². The van der Waals surface area contributed by atoms with Crippen LogP contribution in [0.5, 0.6) is 0 Å². The van der Waals surface area contributed by atoms with E-state index in [2.05, 4.69) is 6.81 Å². The Kier molecular flexibility index (Phi) is 1.91. The third-order valence-corrected chi connectivity index (χ3v) is 6.49. The molecule has 2 nitrogen and oxygen atoms in total. The van der Waals surface area contributed by atoms with Crippen molar-refractivity contribution in [3.8, 4) is 0 Å². The molecule has 0 amide bonds. The summed E-state index contributed by atoms with van der Waals surface area (Å²) in [7, 11) is 0. The second-order valence-corrected chi connectivity index (χ2v) is 8.73. The Bertz CT molecular complexity index is 45.6. The van der Waals surface area contributed by atoms with Gasteiger partial charge in [-0.25, -0.2) is 0 Å². The van der Waals surface area contributed by atoms with E-state index < -0.39 is 0 Å². The molecule has 0 atom stereocenters. The van der Waals surface area contributed by atoms with Crippen LogP contribution in [-0.4, -0.2) is 41.0 Å². The van der Waals surface area contributed by atoms with Gasteiger partial charge in [-0.1, -0.05) is 0 Å². The molecule has 0 bridgehead atoms. The van der Waals surface area contributed by atoms with Gasteiger partial charge in [0.15, 0.2) is 0 Å². The molecule has 0 spiro atoms. The summed E-state index contributed by atoms with van der Waals surface area (Å²) in [4.78, 5) is 0. The van der Waals surface area contributed by atoms with Gasteiger partial charge in [0.2, 0.25) is 0 Å². The molecular formula is CH2N2Te2. The summed E-state index contributed by atoms with van der Waals surface area (Å²) in [5.41, 5.74) is 0. The number of nitrogens with zero attached hydrogens (tertiary/aromatic N) is 1. The van der Waals surface area contributed by atoms with E-state index in [0.717, 1.165) is 0 Å². The minimum absolute atomic E-state index is 0.193. The fourth-order valence-corrected chi connectivity index (χ4v) is 4.84. The predicted octanol–water partition coefficient (Wildman–Crippen LogP) is -1.23. The van der Waals surface area contributed by atoms with E-state index >= 15 is 0 Å². The van der Waals surface area contributed by atoms with E-state index in [4.69, 9.17) is 0 Å². The van der Waals surface area contributed by atoms with Gasteiger partial charge < -0.3 is 0 Å². The normalized spacial score (nSPS) is 19.2. The van der Waals surface area contributed by atoms with Gasteiger partial charge in [-0.2, -0.15) is 0 Å². The number of hydrogen-bond acceptors (Lipinski definition) is 2. The molecule has 1 rings (SSSR count). The van der Waals surface area contributed by atoms with Crippen molar-refractivity contribution in [2.45, 2.75) is 0 Å². The van der Waals surface area contributed by atoms with Crippen LogP contribution in [0.15, 0.2) is 3.24 Å². The summed E-state index contributed by atoms with van der Waals surface area (Å²) in [5, 5.41) is 0. The molecule has 28 valence electrons. The first kappa shape index (κ1) is 4.21. The Hall–Kier alpha value is 1.05. The van der Waals surface area contributed by atoms with Crippen molar-refractivity contribution in [1.82, 2.24) is 3.57 Å². The first-order chi connectivity index (χ1) is 2.50. The average Bonchev–Trinajstić information content (AvgIpc) is 1.76. The molecule has 0 saturated heterocycles. The van der Waals surface area contributed by atoms with Gasteiger partial charge in [-0.15, -0.1) is 0 Å². The van der Waals surface area contributed by atoms with Crippen molar-refractivity contribution in [2.24, 2.45) is 3.24 Å². The van der Waals surface area contributed by atoms with Gasteiger partial charge in [-0.3, -0.25) is 0 Å². The topological polar surface area (TPSA) is 24.4 Å². The van der Waals surface area contributed by atoms with Gasteiger partial charge in [0, 0.05) is 0 Å². The molecule has 0 aromatic heterocycles. The van der Waals surface area contributed by atoms with Gasteiger partial charge in [0.1, 0.15) is 0 Å². The summed E-state index contributed by atoms with van der Waals surface area (Å²) >= 11 is 0.455. The number of hydrogen-bond donors (Lipinski definition) is 1. The summed E-state index contributed by atoms with van der Waals surface area (Å²) in [6.45, 7) is 0. The van der Waals surface area contributed by atoms with Gasteiger partial charge in [0.05, 0.1) is 0 Å². The van der Waals surface area contributed by atoms with Crippen molar-refractivity contribution in [3.05, 3.63) is 0 Å².